The van der Waals surface area contributed by atoms with Gasteiger partial charge < -0.3 is 16.2 Å². The van der Waals surface area contributed by atoms with Crippen LogP contribution < -0.4 is 11.1 Å². The summed E-state index contributed by atoms with van der Waals surface area (Å²) < 4.78 is 1.89. The molecule has 1 rings (SSSR count). The van der Waals surface area contributed by atoms with E-state index in [4.69, 9.17) is 10.8 Å². The van der Waals surface area contributed by atoms with Crippen molar-refractivity contribution < 1.29 is 5.11 Å². The summed E-state index contributed by atoms with van der Waals surface area (Å²) in [5.41, 5.74) is 6.89. The SMILES string of the molecule is CCn1cc(C(CN)NC(C)C(C)CO)cn1. The number of rotatable bonds is 7. The Morgan fingerprint density at radius 3 is 2.71 bits per heavy atom. The zero-order valence-corrected chi connectivity index (χ0v) is 10.9. The molecule has 4 N–H and O–H groups in total. The molecule has 0 amide bonds. The van der Waals surface area contributed by atoms with Gasteiger partial charge in [-0.05, 0) is 19.8 Å². The van der Waals surface area contributed by atoms with Crippen LogP contribution in [0.3, 0.4) is 0 Å². The third-order valence-electron chi connectivity index (χ3n) is 3.22. The molecular weight excluding hydrogens is 216 g/mol. The third kappa shape index (κ3) is 3.80. The Bertz CT molecular complexity index is 326. The Labute approximate surface area is 103 Å². The molecule has 5 heteroatoms. The van der Waals surface area contributed by atoms with Gasteiger partial charge in [-0.1, -0.05) is 6.92 Å². The van der Waals surface area contributed by atoms with Crippen molar-refractivity contribution in [1.29, 1.82) is 0 Å². The maximum Gasteiger partial charge on any atom is 0.0538 e. The van der Waals surface area contributed by atoms with Gasteiger partial charge in [0.25, 0.3) is 0 Å². The number of hydrogen-bond donors (Lipinski definition) is 3. The van der Waals surface area contributed by atoms with Crippen LogP contribution in [0.1, 0.15) is 32.4 Å². The first-order chi connectivity index (χ1) is 8.12. The fourth-order valence-electron chi connectivity index (χ4n) is 1.67. The second kappa shape index (κ2) is 6.74. The third-order valence-corrected chi connectivity index (χ3v) is 3.22. The summed E-state index contributed by atoms with van der Waals surface area (Å²) in [5.74, 6) is 0.213. The van der Waals surface area contributed by atoms with Crippen LogP contribution in [0.5, 0.6) is 0 Å². The minimum Gasteiger partial charge on any atom is -0.396 e. The summed E-state index contributed by atoms with van der Waals surface area (Å²) in [6.45, 7) is 7.70. The molecule has 0 spiro atoms. The maximum absolute atomic E-state index is 9.12. The predicted octanol–water partition coefficient (Wildman–Crippen LogP) is 0.509. The Balaban J connectivity index is 2.65. The second-order valence-electron chi connectivity index (χ2n) is 4.53. The standard InChI is InChI=1S/C12H24N4O/c1-4-16-7-11(6-14-16)12(5-13)15-10(3)9(2)8-17/h6-7,9-10,12,15,17H,4-5,8,13H2,1-3H3. The molecule has 5 nitrogen and oxygen atoms in total. The quantitative estimate of drug-likeness (QED) is 0.649. The van der Waals surface area contributed by atoms with Crippen LogP contribution in [0, 0.1) is 5.92 Å². The second-order valence-corrected chi connectivity index (χ2v) is 4.53. The topological polar surface area (TPSA) is 76.1 Å². The smallest absolute Gasteiger partial charge is 0.0538 e. The van der Waals surface area contributed by atoms with E-state index in [-0.39, 0.29) is 24.6 Å². The van der Waals surface area contributed by atoms with E-state index in [0.717, 1.165) is 12.1 Å². The van der Waals surface area contributed by atoms with Crippen molar-refractivity contribution in [1.82, 2.24) is 15.1 Å². The average Bonchev–Trinajstić information content (AvgIpc) is 2.83. The van der Waals surface area contributed by atoms with E-state index in [1.807, 2.05) is 24.0 Å². The monoisotopic (exact) mass is 240 g/mol. The molecular formula is C12H24N4O. The summed E-state index contributed by atoms with van der Waals surface area (Å²) in [4.78, 5) is 0. The van der Waals surface area contributed by atoms with E-state index in [0.29, 0.717) is 6.54 Å². The number of aliphatic hydroxyl groups excluding tert-OH is 1. The highest BCUT2D eigenvalue weighted by Crippen LogP contribution is 2.13. The van der Waals surface area contributed by atoms with Crippen molar-refractivity contribution >= 4 is 0 Å². The first kappa shape index (κ1) is 14.2. The summed E-state index contributed by atoms with van der Waals surface area (Å²) in [6, 6.07) is 0.317. The van der Waals surface area contributed by atoms with E-state index in [1.165, 1.54) is 0 Å². The Hall–Kier alpha value is -0.910. The molecule has 1 aromatic rings. The number of aromatic nitrogens is 2. The summed E-state index contributed by atoms with van der Waals surface area (Å²) in [5, 5.41) is 16.8. The lowest BCUT2D eigenvalue weighted by Gasteiger charge is -2.25. The molecule has 3 atom stereocenters. The molecule has 1 aromatic heterocycles. The molecule has 98 valence electrons. The molecule has 0 aliphatic rings. The van der Waals surface area contributed by atoms with E-state index >= 15 is 0 Å². The molecule has 1 heterocycles. The number of nitrogens with two attached hydrogens (primary N) is 1. The lowest BCUT2D eigenvalue weighted by molar-refractivity contribution is 0.201. The summed E-state index contributed by atoms with van der Waals surface area (Å²) >= 11 is 0. The van der Waals surface area contributed by atoms with Gasteiger partial charge in [0.2, 0.25) is 0 Å². The zero-order valence-electron chi connectivity index (χ0n) is 10.9. The Kier molecular flexibility index (Phi) is 5.61. The molecule has 17 heavy (non-hydrogen) atoms. The van der Waals surface area contributed by atoms with Crippen LogP contribution >= 0.6 is 0 Å². The summed E-state index contributed by atoms with van der Waals surface area (Å²) in [7, 11) is 0. The molecule has 0 radical (unpaired) electrons. The average molecular weight is 240 g/mol. The highest BCUT2D eigenvalue weighted by Gasteiger charge is 2.17. The van der Waals surface area contributed by atoms with Gasteiger partial charge in [0.05, 0.1) is 6.20 Å². The van der Waals surface area contributed by atoms with Crippen molar-refractivity contribution in [2.45, 2.75) is 39.4 Å². The van der Waals surface area contributed by atoms with Crippen molar-refractivity contribution in [2.75, 3.05) is 13.2 Å². The van der Waals surface area contributed by atoms with Gasteiger partial charge in [-0.15, -0.1) is 0 Å². The Morgan fingerprint density at radius 1 is 1.53 bits per heavy atom. The minimum atomic E-state index is 0.0966. The van der Waals surface area contributed by atoms with Crippen molar-refractivity contribution in [3.05, 3.63) is 18.0 Å². The molecule has 0 bridgehead atoms. The molecule has 3 unspecified atom stereocenters. The predicted molar refractivity (Wildman–Crippen MR) is 68.5 cm³/mol. The van der Waals surface area contributed by atoms with Crippen LogP contribution in [-0.2, 0) is 6.54 Å². The fraction of sp³-hybridized carbons (Fsp3) is 0.750. The molecule has 0 fully saturated rings. The number of aliphatic hydroxyl groups is 1. The van der Waals surface area contributed by atoms with E-state index in [1.54, 1.807) is 0 Å². The molecule has 0 aliphatic heterocycles. The fourth-order valence-corrected chi connectivity index (χ4v) is 1.67. The van der Waals surface area contributed by atoms with Crippen LogP contribution in [0.15, 0.2) is 12.4 Å². The lowest BCUT2D eigenvalue weighted by Crippen LogP contribution is -2.39. The normalized spacial score (nSPS) is 16.8. The number of hydrogen-bond acceptors (Lipinski definition) is 4. The first-order valence-electron chi connectivity index (χ1n) is 6.21. The van der Waals surface area contributed by atoms with E-state index < -0.39 is 0 Å². The minimum absolute atomic E-state index is 0.0966. The maximum atomic E-state index is 9.12. The van der Waals surface area contributed by atoms with Crippen LogP contribution in [0.2, 0.25) is 0 Å². The molecule has 0 aromatic carbocycles. The molecule has 0 saturated heterocycles. The highest BCUT2D eigenvalue weighted by atomic mass is 16.3. The van der Waals surface area contributed by atoms with Gasteiger partial charge in [-0.3, -0.25) is 4.68 Å². The number of aryl methyl sites for hydroxylation is 1. The van der Waals surface area contributed by atoms with E-state index in [9.17, 15) is 0 Å². The number of nitrogens with zero attached hydrogens (tertiary/aromatic N) is 2. The van der Waals surface area contributed by atoms with E-state index in [2.05, 4.69) is 24.3 Å². The summed E-state index contributed by atoms with van der Waals surface area (Å²) in [6.07, 6.45) is 3.87. The Morgan fingerprint density at radius 2 is 2.24 bits per heavy atom. The van der Waals surface area contributed by atoms with Crippen LogP contribution in [0.4, 0.5) is 0 Å². The van der Waals surface area contributed by atoms with Gasteiger partial charge in [-0.2, -0.15) is 5.10 Å². The van der Waals surface area contributed by atoms with Crippen LogP contribution in [0.25, 0.3) is 0 Å². The van der Waals surface area contributed by atoms with Gasteiger partial charge >= 0.3 is 0 Å². The molecule has 0 saturated carbocycles. The molecule has 0 aliphatic carbocycles. The van der Waals surface area contributed by atoms with Crippen molar-refractivity contribution in [2.24, 2.45) is 11.7 Å². The van der Waals surface area contributed by atoms with Gasteiger partial charge in [0.15, 0.2) is 0 Å². The first-order valence-corrected chi connectivity index (χ1v) is 6.21. The lowest BCUT2D eigenvalue weighted by atomic mass is 10.0. The van der Waals surface area contributed by atoms with Gasteiger partial charge in [0, 0.05) is 43.5 Å². The largest absolute Gasteiger partial charge is 0.396 e. The highest BCUT2D eigenvalue weighted by molar-refractivity contribution is 5.11. The number of nitrogens with one attached hydrogen (secondary N) is 1. The van der Waals surface area contributed by atoms with Crippen molar-refractivity contribution in [3.63, 3.8) is 0 Å². The van der Waals surface area contributed by atoms with Crippen LogP contribution in [-0.4, -0.2) is 34.1 Å². The zero-order chi connectivity index (χ0) is 12.8. The van der Waals surface area contributed by atoms with Gasteiger partial charge in [0.1, 0.15) is 0 Å². The van der Waals surface area contributed by atoms with Gasteiger partial charge in [-0.25, -0.2) is 0 Å². The van der Waals surface area contributed by atoms with Crippen molar-refractivity contribution in [3.8, 4) is 0 Å².